The van der Waals surface area contributed by atoms with Crippen molar-refractivity contribution in [3.8, 4) is 0 Å². The van der Waals surface area contributed by atoms with Gasteiger partial charge in [-0.05, 0) is 17.7 Å². The summed E-state index contributed by atoms with van der Waals surface area (Å²) in [4.78, 5) is 4.07. The number of aliphatic hydroxyl groups excluding tert-OH is 1. The highest BCUT2D eigenvalue weighted by Crippen LogP contribution is 2.26. The van der Waals surface area contributed by atoms with Gasteiger partial charge in [-0.1, -0.05) is 0 Å². The summed E-state index contributed by atoms with van der Waals surface area (Å²) >= 11 is 0. The Morgan fingerprint density at radius 1 is 1.47 bits per heavy atom. The number of fused-ring (bicyclic) bond motifs is 1. The van der Waals surface area contributed by atoms with Crippen LogP contribution >= 0.6 is 0 Å². The Morgan fingerprint density at radius 2 is 2.18 bits per heavy atom. The first-order valence-electron chi connectivity index (χ1n) is 5.03. The molecule has 1 N–H and O–H groups in total. The highest BCUT2D eigenvalue weighted by atomic mass is 19.4. The summed E-state index contributed by atoms with van der Waals surface area (Å²) in [6.45, 7) is 0. The minimum atomic E-state index is -4.59. The molecule has 0 saturated heterocycles. The fraction of sp³-hybridized carbons (Fsp3) is 0.364. The lowest BCUT2D eigenvalue weighted by Gasteiger charge is -2.13. The van der Waals surface area contributed by atoms with Gasteiger partial charge in [-0.3, -0.25) is 0 Å². The summed E-state index contributed by atoms with van der Waals surface area (Å²) in [5.41, 5.74) is 1.05. The molecule has 2 rings (SSSR count). The van der Waals surface area contributed by atoms with Crippen LogP contribution < -0.4 is 0 Å². The number of nitrogens with zero attached hydrogens (tertiary/aromatic N) is 2. The zero-order valence-electron chi connectivity index (χ0n) is 9.07. The Labute approximate surface area is 95.5 Å². The topological polar surface area (TPSA) is 38.0 Å². The van der Waals surface area contributed by atoms with Crippen LogP contribution in [0.5, 0.6) is 0 Å². The van der Waals surface area contributed by atoms with Crippen molar-refractivity contribution in [1.29, 1.82) is 0 Å². The zero-order valence-corrected chi connectivity index (χ0v) is 9.07. The average Bonchev–Trinajstić information content (AvgIpc) is 2.56. The van der Waals surface area contributed by atoms with E-state index < -0.39 is 18.7 Å². The molecular formula is C11H11F3N2O. The minimum absolute atomic E-state index is 0.445. The molecule has 6 heteroatoms. The van der Waals surface area contributed by atoms with Crippen molar-refractivity contribution in [3.05, 3.63) is 30.1 Å². The molecule has 3 nitrogen and oxygen atoms in total. The van der Waals surface area contributed by atoms with Gasteiger partial charge in [0.1, 0.15) is 5.65 Å². The van der Waals surface area contributed by atoms with Crippen molar-refractivity contribution >= 4 is 11.0 Å². The first-order chi connectivity index (χ1) is 7.89. The maximum Gasteiger partial charge on any atom is 0.414 e. The van der Waals surface area contributed by atoms with E-state index in [1.54, 1.807) is 36.1 Å². The van der Waals surface area contributed by atoms with Gasteiger partial charge < -0.3 is 9.67 Å². The number of aromatic nitrogens is 2. The molecule has 0 aromatic carbocycles. The second-order valence-electron chi connectivity index (χ2n) is 3.90. The van der Waals surface area contributed by atoms with Crippen LogP contribution in [0.25, 0.3) is 11.0 Å². The monoisotopic (exact) mass is 244 g/mol. The fourth-order valence-corrected chi connectivity index (χ4v) is 1.78. The van der Waals surface area contributed by atoms with Gasteiger partial charge in [-0.2, -0.15) is 13.2 Å². The molecule has 0 radical (unpaired) electrons. The summed E-state index contributed by atoms with van der Waals surface area (Å²) in [5.74, 6) is 0. The van der Waals surface area contributed by atoms with Crippen molar-refractivity contribution in [3.63, 3.8) is 0 Å². The van der Waals surface area contributed by atoms with Crippen LogP contribution in [0.2, 0.25) is 0 Å². The molecule has 0 aliphatic carbocycles. The highest BCUT2D eigenvalue weighted by Gasteiger charge is 2.38. The Kier molecular flexibility index (Phi) is 2.82. The molecule has 0 fully saturated rings. The molecule has 0 aliphatic heterocycles. The third-order valence-corrected chi connectivity index (χ3v) is 2.61. The van der Waals surface area contributed by atoms with E-state index in [9.17, 15) is 13.2 Å². The molecule has 2 aromatic rings. The van der Waals surface area contributed by atoms with Gasteiger partial charge in [0.05, 0.1) is 0 Å². The number of rotatable bonds is 2. The van der Waals surface area contributed by atoms with E-state index in [-0.39, 0.29) is 0 Å². The van der Waals surface area contributed by atoms with E-state index in [1.165, 1.54) is 0 Å². The average molecular weight is 244 g/mol. The molecule has 1 atom stereocenters. The Balaban J connectivity index is 2.37. The van der Waals surface area contributed by atoms with Gasteiger partial charge in [-0.25, -0.2) is 4.98 Å². The van der Waals surface area contributed by atoms with Gasteiger partial charge >= 0.3 is 6.18 Å². The van der Waals surface area contributed by atoms with Crippen molar-refractivity contribution in [2.45, 2.75) is 18.7 Å². The smallest absolute Gasteiger partial charge is 0.383 e. The lowest BCUT2D eigenvalue weighted by Crippen LogP contribution is -2.30. The number of aliphatic hydroxyl groups is 1. The van der Waals surface area contributed by atoms with Crippen LogP contribution in [0.1, 0.15) is 5.56 Å². The Hall–Kier alpha value is -1.56. The molecule has 0 bridgehead atoms. The summed E-state index contributed by atoms with van der Waals surface area (Å²) in [5, 5.41) is 9.69. The van der Waals surface area contributed by atoms with Crippen molar-refractivity contribution in [2.75, 3.05) is 0 Å². The zero-order chi connectivity index (χ0) is 12.6. The van der Waals surface area contributed by atoms with Crippen LogP contribution in [0.3, 0.4) is 0 Å². The third kappa shape index (κ3) is 2.26. The molecule has 2 heterocycles. The van der Waals surface area contributed by atoms with Crippen LogP contribution in [0, 0.1) is 0 Å². The SMILES string of the molecule is Cn1cc(CC(O)C(F)(F)F)c2cccnc21. The van der Waals surface area contributed by atoms with Gasteiger partial charge in [-0.15, -0.1) is 0 Å². The molecular weight excluding hydrogens is 233 g/mol. The van der Waals surface area contributed by atoms with Crippen molar-refractivity contribution in [2.24, 2.45) is 7.05 Å². The minimum Gasteiger partial charge on any atom is -0.383 e. The number of halogens is 3. The standard InChI is InChI=1S/C11H11F3N2O/c1-16-6-7(5-9(17)11(12,13)14)8-3-2-4-15-10(8)16/h2-4,6,9,17H,5H2,1H3. The normalized spacial score (nSPS) is 14.2. The number of pyridine rings is 1. The summed E-state index contributed by atoms with van der Waals surface area (Å²) in [6, 6.07) is 3.35. The summed E-state index contributed by atoms with van der Waals surface area (Å²) in [6.07, 6.45) is -4.25. The summed E-state index contributed by atoms with van der Waals surface area (Å²) < 4.78 is 38.5. The van der Waals surface area contributed by atoms with Crippen LogP contribution in [0.4, 0.5) is 13.2 Å². The number of alkyl halides is 3. The van der Waals surface area contributed by atoms with Gasteiger partial charge in [0.15, 0.2) is 6.10 Å². The molecule has 0 spiro atoms. The third-order valence-electron chi connectivity index (χ3n) is 2.61. The van der Waals surface area contributed by atoms with Crippen LogP contribution in [-0.4, -0.2) is 26.9 Å². The van der Waals surface area contributed by atoms with E-state index >= 15 is 0 Å². The van der Waals surface area contributed by atoms with E-state index in [0.29, 0.717) is 16.6 Å². The lowest BCUT2D eigenvalue weighted by molar-refractivity contribution is -0.202. The molecule has 1 unspecified atom stereocenters. The highest BCUT2D eigenvalue weighted by molar-refractivity contribution is 5.80. The maximum atomic E-state index is 12.3. The predicted octanol–water partition coefficient (Wildman–Crippen LogP) is 2.04. The van der Waals surface area contributed by atoms with Crippen LogP contribution in [-0.2, 0) is 13.5 Å². The molecule has 0 amide bonds. The van der Waals surface area contributed by atoms with E-state index in [0.717, 1.165) is 0 Å². The second kappa shape index (κ2) is 4.03. The number of hydrogen-bond acceptors (Lipinski definition) is 2. The molecule has 0 saturated carbocycles. The largest absolute Gasteiger partial charge is 0.414 e. The van der Waals surface area contributed by atoms with E-state index in [1.807, 2.05) is 0 Å². The van der Waals surface area contributed by atoms with Gasteiger partial charge in [0, 0.05) is 31.2 Å². The fourth-order valence-electron chi connectivity index (χ4n) is 1.78. The van der Waals surface area contributed by atoms with E-state index in [4.69, 9.17) is 5.11 Å². The van der Waals surface area contributed by atoms with Gasteiger partial charge in [0.2, 0.25) is 0 Å². The lowest BCUT2D eigenvalue weighted by atomic mass is 10.1. The van der Waals surface area contributed by atoms with Crippen molar-refractivity contribution in [1.82, 2.24) is 9.55 Å². The predicted molar refractivity (Wildman–Crippen MR) is 56.5 cm³/mol. The first-order valence-corrected chi connectivity index (χ1v) is 5.03. The Morgan fingerprint density at radius 3 is 2.82 bits per heavy atom. The van der Waals surface area contributed by atoms with Crippen molar-refractivity contribution < 1.29 is 18.3 Å². The van der Waals surface area contributed by atoms with Crippen LogP contribution in [0.15, 0.2) is 24.5 Å². The molecule has 0 aliphatic rings. The summed E-state index contributed by atoms with van der Waals surface area (Å²) in [7, 11) is 1.71. The molecule has 17 heavy (non-hydrogen) atoms. The van der Waals surface area contributed by atoms with Gasteiger partial charge in [0.25, 0.3) is 0 Å². The number of hydrogen-bond donors (Lipinski definition) is 1. The van der Waals surface area contributed by atoms with E-state index in [2.05, 4.69) is 4.98 Å². The molecule has 92 valence electrons. The first kappa shape index (κ1) is 11.9. The second-order valence-corrected chi connectivity index (χ2v) is 3.90. The molecule has 2 aromatic heterocycles. The number of aryl methyl sites for hydroxylation is 1. The quantitative estimate of drug-likeness (QED) is 0.877. The Bertz CT molecular complexity index is 533. The maximum absolute atomic E-state index is 12.3.